The van der Waals surface area contributed by atoms with Crippen molar-refractivity contribution >= 4 is 22.6 Å². The van der Waals surface area contributed by atoms with Crippen LogP contribution in [0, 0.1) is 11.8 Å². The fourth-order valence-corrected chi connectivity index (χ4v) is 4.05. The van der Waals surface area contributed by atoms with E-state index < -0.39 is 10.2 Å². The summed E-state index contributed by atoms with van der Waals surface area (Å²) in [6.07, 6.45) is 1.92. The Morgan fingerprint density at radius 3 is 2.30 bits per heavy atom. The van der Waals surface area contributed by atoms with Gasteiger partial charge in [-0.1, -0.05) is 20.8 Å². The highest BCUT2D eigenvalue weighted by Gasteiger charge is 2.30. The Hall–Kier alpha value is 0.120. The van der Waals surface area contributed by atoms with Gasteiger partial charge in [-0.2, -0.15) is 17.0 Å². The lowest BCUT2D eigenvalue weighted by atomic mass is 9.98. The highest BCUT2D eigenvalue weighted by atomic mass is 35.5. The largest absolute Gasteiger partial charge is 0.317 e. The zero-order valence-corrected chi connectivity index (χ0v) is 14.8. The van der Waals surface area contributed by atoms with Gasteiger partial charge in [-0.25, -0.2) is 0 Å². The van der Waals surface area contributed by atoms with Gasteiger partial charge in [-0.05, 0) is 37.8 Å². The van der Waals surface area contributed by atoms with Crippen LogP contribution in [0.4, 0.5) is 0 Å². The summed E-state index contributed by atoms with van der Waals surface area (Å²) in [5.41, 5.74) is 0. The molecular weight excluding hydrogens is 298 g/mol. The second kappa shape index (κ2) is 9.20. The van der Waals surface area contributed by atoms with E-state index in [4.69, 9.17) is 0 Å². The van der Waals surface area contributed by atoms with Crippen LogP contribution in [0.2, 0.25) is 0 Å². The summed E-state index contributed by atoms with van der Waals surface area (Å²) in [6.45, 7) is 10.0. The summed E-state index contributed by atoms with van der Waals surface area (Å²) in [5.74, 6) is 0.966. The summed E-state index contributed by atoms with van der Waals surface area (Å²) in [4.78, 5) is 0. The zero-order chi connectivity index (χ0) is 14.5. The highest BCUT2D eigenvalue weighted by Crippen LogP contribution is 2.20. The van der Waals surface area contributed by atoms with Gasteiger partial charge in [0.05, 0.1) is 0 Å². The fourth-order valence-electron chi connectivity index (χ4n) is 2.50. The Balaban J connectivity index is 0.00000361. The van der Waals surface area contributed by atoms with Crippen LogP contribution < -0.4 is 5.32 Å². The number of halogens is 1. The van der Waals surface area contributed by atoms with Crippen LogP contribution in [0.15, 0.2) is 0 Å². The molecule has 0 aromatic rings. The van der Waals surface area contributed by atoms with Crippen LogP contribution in [-0.2, 0) is 10.2 Å². The molecule has 0 aliphatic carbocycles. The van der Waals surface area contributed by atoms with E-state index in [2.05, 4.69) is 12.2 Å². The van der Waals surface area contributed by atoms with E-state index in [9.17, 15) is 8.42 Å². The molecule has 0 bridgehead atoms. The minimum absolute atomic E-state index is 0. The number of nitrogens with one attached hydrogen (secondary N) is 1. The standard InChI is InChI=1S/C13H29N3O2S.ClH/c1-5-14-10-13-6-8-16(9-7-13)19(17,18)15(4)11-12(2)3;/h12-14H,5-11H2,1-4H3;1H. The van der Waals surface area contributed by atoms with Crippen LogP contribution >= 0.6 is 12.4 Å². The van der Waals surface area contributed by atoms with Gasteiger partial charge < -0.3 is 5.32 Å². The molecule has 20 heavy (non-hydrogen) atoms. The molecule has 1 rings (SSSR count). The highest BCUT2D eigenvalue weighted by molar-refractivity contribution is 7.86. The number of piperidine rings is 1. The quantitative estimate of drug-likeness (QED) is 0.772. The Morgan fingerprint density at radius 1 is 1.30 bits per heavy atom. The molecule has 0 atom stereocenters. The summed E-state index contributed by atoms with van der Waals surface area (Å²) in [6, 6.07) is 0. The second-order valence-corrected chi connectivity index (χ2v) is 7.87. The molecule has 0 unspecified atom stereocenters. The molecule has 1 aliphatic heterocycles. The molecule has 0 spiro atoms. The topological polar surface area (TPSA) is 52.7 Å². The molecule has 0 aromatic heterocycles. The van der Waals surface area contributed by atoms with E-state index in [-0.39, 0.29) is 12.4 Å². The maximum atomic E-state index is 12.4. The van der Waals surface area contributed by atoms with Gasteiger partial charge in [0.1, 0.15) is 0 Å². The summed E-state index contributed by atoms with van der Waals surface area (Å²) in [5, 5.41) is 3.34. The van der Waals surface area contributed by atoms with Crippen molar-refractivity contribution in [1.29, 1.82) is 0 Å². The van der Waals surface area contributed by atoms with Gasteiger partial charge in [0.2, 0.25) is 0 Å². The summed E-state index contributed by atoms with van der Waals surface area (Å²) < 4.78 is 27.9. The van der Waals surface area contributed by atoms with E-state index in [0.717, 1.165) is 25.9 Å². The van der Waals surface area contributed by atoms with Gasteiger partial charge in [0, 0.05) is 26.7 Å². The van der Waals surface area contributed by atoms with Gasteiger partial charge in [0.15, 0.2) is 0 Å². The van der Waals surface area contributed by atoms with E-state index in [0.29, 0.717) is 31.5 Å². The molecule has 1 N–H and O–H groups in total. The number of nitrogens with zero attached hydrogens (tertiary/aromatic N) is 2. The monoisotopic (exact) mass is 327 g/mol. The van der Waals surface area contributed by atoms with Crippen LogP contribution in [-0.4, -0.2) is 56.8 Å². The lowest BCUT2D eigenvalue weighted by molar-refractivity contribution is 0.252. The number of rotatable bonds is 7. The third-order valence-corrected chi connectivity index (χ3v) is 5.55. The van der Waals surface area contributed by atoms with E-state index in [1.54, 1.807) is 11.4 Å². The smallest absolute Gasteiger partial charge is 0.281 e. The Bertz CT molecular complexity index is 355. The maximum Gasteiger partial charge on any atom is 0.281 e. The van der Waals surface area contributed by atoms with Crippen molar-refractivity contribution in [3.63, 3.8) is 0 Å². The minimum atomic E-state index is -3.25. The molecule has 0 radical (unpaired) electrons. The maximum absolute atomic E-state index is 12.4. The summed E-state index contributed by atoms with van der Waals surface area (Å²) >= 11 is 0. The van der Waals surface area contributed by atoms with Gasteiger partial charge in [-0.15, -0.1) is 12.4 Å². The first kappa shape index (κ1) is 20.1. The van der Waals surface area contributed by atoms with Gasteiger partial charge >= 0.3 is 0 Å². The molecule has 7 heteroatoms. The van der Waals surface area contributed by atoms with Crippen molar-refractivity contribution in [2.75, 3.05) is 39.8 Å². The normalized spacial score (nSPS) is 18.5. The molecule has 0 amide bonds. The van der Waals surface area contributed by atoms with Crippen molar-refractivity contribution in [3.05, 3.63) is 0 Å². The van der Waals surface area contributed by atoms with Gasteiger partial charge in [-0.3, -0.25) is 0 Å². The first-order valence-corrected chi connectivity index (χ1v) is 8.69. The van der Waals surface area contributed by atoms with Crippen molar-refractivity contribution in [1.82, 2.24) is 13.9 Å². The molecule has 1 heterocycles. The molecule has 122 valence electrons. The lowest BCUT2D eigenvalue weighted by Gasteiger charge is -2.34. The van der Waals surface area contributed by atoms with Gasteiger partial charge in [0.25, 0.3) is 10.2 Å². The minimum Gasteiger partial charge on any atom is -0.317 e. The number of hydrogen-bond donors (Lipinski definition) is 1. The second-order valence-electron chi connectivity index (χ2n) is 5.83. The third kappa shape index (κ3) is 5.85. The first-order chi connectivity index (χ1) is 8.87. The molecule has 0 saturated carbocycles. The Labute approximate surface area is 130 Å². The fraction of sp³-hybridized carbons (Fsp3) is 1.00. The molecule has 0 aromatic carbocycles. The Kier molecular flexibility index (Phi) is 9.26. The van der Waals surface area contributed by atoms with E-state index in [1.165, 1.54) is 4.31 Å². The van der Waals surface area contributed by atoms with Crippen LogP contribution in [0.5, 0.6) is 0 Å². The Morgan fingerprint density at radius 2 is 1.85 bits per heavy atom. The lowest BCUT2D eigenvalue weighted by Crippen LogP contribution is -2.47. The predicted octanol–water partition coefficient (Wildman–Crippen LogP) is 1.56. The van der Waals surface area contributed by atoms with Crippen molar-refractivity contribution in [2.45, 2.75) is 33.6 Å². The number of hydrogen-bond acceptors (Lipinski definition) is 3. The third-order valence-electron chi connectivity index (χ3n) is 3.60. The molecule has 1 saturated heterocycles. The molecule has 5 nitrogen and oxygen atoms in total. The van der Waals surface area contributed by atoms with E-state index in [1.807, 2.05) is 13.8 Å². The molecule has 1 aliphatic rings. The van der Waals surface area contributed by atoms with Crippen LogP contribution in [0.1, 0.15) is 33.6 Å². The van der Waals surface area contributed by atoms with E-state index >= 15 is 0 Å². The van der Waals surface area contributed by atoms with Crippen LogP contribution in [0.25, 0.3) is 0 Å². The van der Waals surface area contributed by atoms with Crippen LogP contribution in [0.3, 0.4) is 0 Å². The SMILES string of the molecule is CCNCC1CCN(S(=O)(=O)N(C)CC(C)C)CC1.Cl. The predicted molar refractivity (Wildman–Crippen MR) is 86.5 cm³/mol. The van der Waals surface area contributed by atoms with Crippen molar-refractivity contribution in [3.8, 4) is 0 Å². The zero-order valence-electron chi connectivity index (χ0n) is 13.1. The molecular formula is C13H30ClN3O2S. The first-order valence-electron chi connectivity index (χ1n) is 7.30. The van der Waals surface area contributed by atoms with Crippen molar-refractivity contribution < 1.29 is 8.42 Å². The average Bonchev–Trinajstić information content (AvgIpc) is 2.36. The van der Waals surface area contributed by atoms with Crippen molar-refractivity contribution in [2.24, 2.45) is 11.8 Å². The molecule has 1 fully saturated rings. The average molecular weight is 328 g/mol. The summed E-state index contributed by atoms with van der Waals surface area (Å²) in [7, 11) is -1.57.